The number of H-pyrrole nitrogens is 1. The van der Waals surface area contributed by atoms with E-state index < -0.39 is 8.25 Å². The average Bonchev–Trinajstić information content (AvgIpc) is 3.53. The Morgan fingerprint density at radius 2 is 1.67 bits per heavy atom. The molecule has 0 saturated heterocycles. The van der Waals surface area contributed by atoms with Gasteiger partial charge in [0.1, 0.15) is 5.82 Å². The first-order chi connectivity index (χ1) is 15.4. The van der Waals surface area contributed by atoms with Crippen LogP contribution >= 0.6 is 40.1 Å². The van der Waals surface area contributed by atoms with Crippen molar-refractivity contribution in [3.8, 4) is 5.69 Å². The van der Waals surface area contributed by atoms with Crippen molar-refractivity contribution in [2.75, 3.05) is 0 Å². The first-order valence-corrected chi connectivity index (χ1v) is 27.6. The van der Waals surface area contributed by atoms with Gasteiger partial charge in [-0.3, -0.25) is 0 Å². The maximum Gasteiger partial charge on any atom is 0.0919 e. The third-order valence-electron chi connectivity index (χ3n) is 2.86. The Labute approximate surface area is 296 Å². The van der Waals surface area contributed by atoms with Crippen molar-refractivity contribution in [2.45, 2.75) is 0 Å². The van der Waals surface area contributed by atoms with Crippen molar-refractivity contribution in [3.05, 3.63) is 101 Å². The van der Waals surface area contributed by atoms with Gasteiger partial charge in [0.2, 0.25) is 0 Å². The molecule has 4 rings (SSSR count). The summed E-state index contributed by atoms with van der Waals surface area (Å²) in [5.74, 6) is -0.209. The van der Waals surface area contributed by atoms with Crippen LogP contribution in [0.1, 0.15) is 0 Å². The van der Waals surface area contributed by atoms with Gasteiger partial charge in [0, 0.05) is 39.4 Å². The fraction of sp³-hybridized carbons (Fsp3) is 0. The smallest absolute Gasteiger partial charge is 0.0919 e. The topological polar surface area (TPSA) is 119 Å². The van der Waals surface area contributed by atoms with Gasteiger partial charge in [0.15, 0.2) is 0 Å². The molecule has 1 N–H and O–H groups in total. The second-order valence-corrected chi connectivity index (χ2v) is 7.38. The number of benzene rings is 2. The molecule has 1 atom stereocenters. The SMILES string of the molecule is Brc1cccc(-n2ccnc2)c1.Fc1cccc(Br)c1.O=[P+]([O-])O[O-].[K+].[K][K].c1c[nH]cn1. The minimum absolute atomic E-state index is 0. The largest absolute Gasteiger partial charge is 0.351 e. The molecule has 0 aliphatic rings. The number of nitrogens with zero attached hydrogens (tertiary/aromatic N) is 3. The molecule has 0 fully saturated rings. The summed E-state index contributed by atoms with van der Waals surface area (Å²) >= 11 is 9.04. The number of nitrogens with one attached hydrogen (secondary N) is 1. The summed E-state index contributed by atoms with van der Waals surface area (Å²) < 4.78 is 27.3. The summed E-state index contributed by atoms with van der Waals surface area (Å²) in [5.41, 5.74) is 1.11. The van der Waals surface area contributed by atoms with E-state index in [0.29, 0.717) is 0 Å². The second kappa shape index (κ2) is 26.3. The van der Waals surface area contributed by atoms with Crippen LogP contribution < -0.4 is 61.5 Å². The van der Waals surface area contributed by atoms with Crippen LogP contribution in [-0.4, -0.2) is 82.7 Å². The Morgan fingerprint density at radius 1 is 1.06 bits per heavy atom. The molecule has 2 aromatic heterocycles. The minimum Gasteiger partial charge on any atom is -0.351 e. The van der Waals surface area contributed by atoms with Crippen molar-refractivity contribution in [1.29, 1.82) is 0 Å². The number of imidazole rings is 2. The van der Waals surface area contributed by atoms with Crippen molar-refractivity contribution in [3.63, 3.8) is 0 Å². The first kappa shape index (κ1) is 37.8. The summed E-state index contributed by atoms with van der Waals surface area (Å²) in [7, 11) is -3.15. The molecule has 0 saturated carbocycles. The maximum absolute atomic E-state index is 12.1. The molecule has 0 aliphatic heterocycles. The molecular formula is C18H15Br2FK3N4O4P. The molecule has 0 spiro atoms. The average molecular weight is 678 g/mol. The summed E-state index contributed by atoms with van der Waals surface area (Å²) in [6, 6.07) is 14.3. The molecule has 4 aromatic rings. The quantitative estimate of drug-likeness (QED) is 0.140. The van der Waals surface area contributed by atoms with Crippen LogP contribution in [0.2, 0.25) is 0 Å². The van der Waals surface area contributed by atoms with E-state index in [0.717, 1.165) is 14.6 Å². The molecule has 2 heterocycles. The fourth-order valence-corrected chi connectivity index (χ4v) is 2.48. The summed E-state index contributed by atoms with van der Waals surface area (Å²) in [5, 5.41) is 8.53. The van der Waals surface area contributed by atoms with Crippen LogP contribution in [0.3, 0.4) is 0 Å². The standard InChI is InChI=1S/C9H7BrN2.C6H4BrF.C3H4N2.3K.HO4P/c10-8-2-1-3-9(6-8)12-5-4-11-7-12;7-5-2-1-3-6(8)4-5;1-2-5-3-4-1;;;;1-4-5(2)3/h1-7H;1-4H;1-3H,(H,4,5);;;;1H/q;;;;;+1;/p-1. The molecule has 33 heavy (non-hydrogen) atoms. The third-order valence-corrected chi connectivity index (χ3v) is 3.97. The van der Waals surface area contributed by atoms with Gasteiger partial charge in [0.25, 0.3) is 0 Å². The molecule has 0 bridgehead atoms. The van der Waals surface area contributed by atoms with E-state index in [4.69, 9.17) is 14.7 Å². The van der Waals surface area contributed by atoms with Crippen LogP contribution in [0.15, 0.2) is 94.9 Å². The van der Waals surface area contributed by atoms with Crippen molar-refractivity contribution < 1.29 is 75.2 Å². The van der Waals surface area contributed by atoms with Crippen molar-refractivity contribution in [2.24, 2.45) is 0 Å². The van der Waals surface area contributed by atoms with Crippen LogP contribution in [0, 0.1) is 5.82 Å². The summed E-state index contributed by atoms with van der Waals surface area (Å²) in [4.78, 5) is 19.3. The minimum atomic E-state index is -3.15. The summed E-state index contributed by atoms with van der Waals surface area (Å²) in [6.07, 6.45) is 10.5. The van der Waals surface area contributed by atoms with Crippen molar-refractivity contribution >= 4 is 103 Å². The normalized spacial score (nSPS) is 9.06. The van der Waals surface area contributed by atoms with Crippen LogP contribution in [0.5, 0.6) is 0 Å². The Hall–Kier alpha value is 2.64. The molecule has 15 heteroatoms. The molecule has 160 valence electrons. The van der Waals surface area contributed by atoms with Crippen molar-refractivity contribution in [1.82, 2.24) is 19.5 Å². The van der Waals surface area contributed by atoms with E-state index in [9.17, 15) is 4.39 Å². The Balaban J connectivity index is 0. The van der Waals surface area contributed by atoms with E-state index >= 15 is 0 Å². The van der Waals surface area contributed by atoms with Gasteiger partial charge in [-0.15, -0.1) is 0 Å². The monoisotopic (exact) mass is 676 g/mol. The zero-order chi connectivity index (χ0) is 24.2. The van der Waals surface area contributed by atoms with E-state index in [-0.39, 0.29) is 57.2 Å². The Bertz CT molecular complexity index is 956. The fourth-order valence-electron chi connectivity index (χ4n) is 1.72. The molecule has 8 nitrogen and oxygen atoms in total. The maximum atomic E-state index is 12.1. The molecule has 0 amide bonds. The Morgan fingerprint density at radius 3 is 2.00 bits per heavy atom. The number of hydrogen-bond donors (Lipinski definition) is 1. The zero-order valence-electron chi connectivity index (χ0n) is 18.1. The molecule has 0 aliphatic carbocycles. The first-order valence-electron chi connectivity index (χ1n) is 8.94. The van der Waals surface area contributed by atoms with Crippen LogP contribution in [-0.2, 0) is 9.24 Å². The number of aromatic nitrogens is 4. The Kier molecular flexibility index (Phi) is 30.1. The third kappa shape index (κ3) is 22.3. The van der Waals surface area contributed by atoms with Gasteiger partial charge in [0.05, 0.1) is 12.7 Å². The summed E-state index contributed by atoms with van der Waals surface area (Å²) in [6.45, 7) is 0. The molecular weight excluding hydrogens is 663 g/mol. The molecule has 1 unspecified atom stereocenters. The van der Waals surface area contributed by atoms with Gasteiger partial charge >= 0.3 is 123 Å². The predicted molar refractivity (Wildman–Crippen MR) is 124 cm³/mol. The number of hydrogen-bond acceptors (Lipinski definition) is 6. The van der Waals surface area contributed by atoms with E-state index in [1.165, 1.54) is 75.3 Å². The number of rotatable bonds is 2. The van der Waals surface area contributed by atoms with Gasteiger partial charge in [-0.05, 0) is 41.0 Å². The van der Waals surface area contributed by atoms with Gasteiger partial charge in [-0.2, -0.15) is 0 Å². The molecule has 0 radical (unpaired) electrons. The van der Waals surface area contributed by atoms with Crippen LogP contribution in [0.4, 0.5) is 4.39 Å². The van der Waals surface area contributed by atoms with Crippen LogP contribution in [0.25, 0.3) is 5.69 Å². The van der Waals surface area contributed by atoms with E-state index in [2.05, 4.69) is 51.5 Å². The van der Waals surface area contributed by atoms with Gasteiger partial charge < -0.3 is 19.7 Å². The number of aromatic amines is 1. The van der Waals surface area contributed by atoms with Gasteiger partial charge in [-0.25, -0.2) is 19.0 Å². The zero-order valence-corrected chi connectivity index (χ0v) is 31.6. The van der Waals surface area contributed by atoms with E-state index in [1.54, 1.807) is 43.4 Å². The van der Waals surface area contributed by atoms with E-state index in [1.807, 2.05) is 35.0 Å². The second-order valence-electron chi connectivity index (χ2n) is 4.95. The predicted octanol–water partition coefficient (Wildman–Crippen LogP) is 0.171. The number of halogens is 3. The van der Waals surface area contributed by atoms with Gasteiger partial charge in [-0.1, -0.05) is 44.0 Å². The molecule has 2 aromatic carbocycles.